The molecule has 0 unspecified atom stereocenters. The van der Waals surface area contributed by atoms with E-state index >= 15 is 0 Å². The monoisotopic (exact) mass is 349 g/mol. The lowest BCUT2D eigenvalue weighted by atomic mass is 9.76. The fourth-order valence-electron chi connectivity index (χ4n) is 3.73. The molecule has 1 aromatic carbocycles. The van der Waals surface area contributed by atoms with Crippen LogP contribution in [0, 0.1) is 11.8 Å². The molecule has 0 saturated heterocycles. The Kier molecular flexibility index (Phi) is 5.50. The van der Waals surface area contributed by atoms with E-state index in [0.717, 1.165) is 38.5 Å². The van der Waals surface area contributed by atoms with Crippen LogP contribution in [0.1, 0.15) is 67.6 Å². The van der Waals surface area contributed by atoms with E-state index in [1.165, 1.54) is 17.2 Å². The molecule has 0 N–H and O–H groups in total. The molecule has 3 rings (SSSR count). The van der Waals surface area contributed by atoms with Crippen LogP contribution in [-0.2, 0) is 6.42 Å². The summed E-state index contributed by atoms with van der Waals surface area (Å²) >= 11 is 6.02. The Morgan fingerprint density at radius 1 is 1.04 bits per heavy atom. The molecule has 1 aliphatic rings. The van der Waals surface area contributed by atoms with E-state index in [-0.39, 0.29) is 11.1 Å². The van der Waals surface area contributed by atoms with Crippen LogP contribution in [0.2, 0.25) is 5.15 Å². The number of nitrogens with zero attached hydrogens (tertiary/aromatic N) is 1. The summed E-state index contributed by atoms with van der Waals surface area (Å²) in [6.07, 6.45) is 6.20. The van der Waals surface area contributed by atoms with Crippen molar-refractivity contribution in [3.8, 4) is 0 Å². The molecular formula is C20H22ClF2N. The maximum absolute atomic E-state index is 13.5. The van der Waals surface area contributed by atoms with E-state index in [0.29, 0.717) is 11.5 Å². The van der Waals surface area contributed by atoms with E-state index < -0.39 is 11.8 Å². The number of rotatable bonds is 4. The van der Waals surface area contributed by atoms with E-state index in [1.54, 1.807) is 0 Å². The first-order chi connectivity index (χ1) is 11.6. The number of pyridine rings is 1. The molecule has 2 aromatic rings. The third kappa shape index (κ3) is 3.77. The van der Waals surface area contributed by atoms with Crippen LogP contribution in [-0.4, -0.2) is 4.98 Å². The molecule has 1 fully saturated rings. The summed E-state index contributed by atoms with van der Waals surface area (Å²) < 4.78 is 26.6. The van der Waals surface area contributed by atoms with Crippen LogP contribution in [0.15, 0.2) is 30.3 Å². The Labute approximate surface area is 147 Å². The average molecular weight is 350 g/mol. The molecule has 24 heavy (non-hydrogen) atoms. The van der Waals surface area contributed by atoms with Crippen molar-refractivity contribution in [1.29, 1.82) is 0 Å². The van der Waals surface area contributed by atoms with Crippen LogP contribution in [0.3, 0.4) is 0 Å². The predicted molar refractivity (Wildman–Crippen MR) is 93.6 cm³/mol. The van der Waals surface area contributed by atoms with Crippen molar-refractivity contribution < 1.29 is 8.78 Å². The molecular weight excluding hydrogens is 328 g/mol. The summed E-state index contributed by atoms with van der Waals surface area (Å²) in [6, 6.07) is 10.1. The highest BCUT2D eigenvalue weighted by atomic mass is 35.5. The van der Waals surface area contributed by atoms with Gasteiger partial charge in [-0.3, -0.25) is 0 Å². The van der Waals surface area contributed by atoms with E-state index in [9.17, 15) is 8.78 Å². The van der Waals surface area contributed by atoms with Crippen molar-refractivity contribution in [3.05, 3.63) is 63.9 Å². The van der Waals surface area contributed by atoms with Crippen LogP contribution in [0.5, 0.6) is 0 Å². The standard InChI is InChI=1S/C20H22ClF2N/c1-2-3-13-4-6-14(7-5-13)15-8-10-16(11-9-15)17-12-18(22)20(23)24-19(17)21/h4-7,12,15-16H,2-3,8-11H2,1H3. The quantitative estimate of drug-likeness (QED) is 0.581. The molecule has 0 aliphatic heterocycles. The van der Waals surface area contributed by atoms with Crippen LogP contribution in [0.25, 0.3) is 0 Å². The van der Waals surface area contributed by atoms with Gasteiger partial charge in [-0.15, -0.1) is 0 Å². The average Bonchev–Trinajstić information content (AvgIpc) is 2.59. The topological polar surface area (TPSA) is 12.9 Å². The number of hydrogen-bond donors (Lipinski definition) is 0. The lowest BCUT2D eigenvalue weighted by molar-refractivity contribution is 0.392. The summed E-state index contributed by atoms with van der Waals surface area (Å²) in [7, 11) is 0. The number of hydrogen-bond acceptors (Lipinski definition) is 1. The van der Waals surface area contributed by atoms with Crippen molar-refractivity contribution in [2.75, 3.05) is 0 Å². The first kappa shape index (κ1) is 17.3. The first-order valence-electron chi connectivity index (χ1n) is 8.68. The van der Waals surface area contributed by atoms with E-state index in [1.807, 2.05) is 0 Å². The van der Waals surface area contributed by atoms with Gasteiger partial charge in [-0.2, -0.15) is 4.39 Å². The van der Waals surface area contributed by atoms with Gasteiger partial charge in [0.1, 0.15) is 5.15 Å². The molecule has 0 amide bonds. The van der Waals surface area contributed by atoms with Crippen molar-refractivity contribution in [1.82, 2.24) is 4.98 Å². The third-order valence-corrected chi connectivity index (χ3v) is 5.37. The minimum absolute atomic E-state index is 0.0984. The molecule has 1 aromatic heterocycles. The second kappa shape index (κ2) is 7.60. The van der Waals surface area contributed by atoms with Crippen LogP contribution < -0.4 is 0 Å². The van der Waals surface area contributed by atoms with Crippen molar-refractivity contribution in [2.24, 2.45) is 0 Å². The molecule has 128 valence electrons. The third-order valence-electron chi connectivity index (χ3n) is 5.07. The fourth-order valence-corrected chi connectivity index (χ4v) is 4.01. The summed E-state index contributed by atoms with van der Waals surface area (Å²) in [4.78, 5) is 3.48. The van der Waals surface area contributed by atoms with Gasteiger partial charge in [-0.05, 0) is 66.7 Å². The Bertz CT molecular complexity index is 692. The molecule has 0 radical (unpaired) electrons. The molecule has 1 heterocycles. The summed E-state index contributed by atoms with van der Waals surface area (Å²) in [6.45, 7) is 2.19. The van der Waals surface area contributed by atoms with Gasteiger partial charge in [-0.25, -0.2) is 9.37 Å². The Balaban J connectivity index is 1.66. The highest BCUT2D eigenvalue weighted by Gasteiger charge is 2.26. The molecule has 0 spiro atoms. The van der Waals surface area contributed by atoms with E-state index in [4.69, 9.17) is 11.6 Å². The van der Waals surface area contributed by atoms with Crippen LogP contribution in [0.4, 0.5) is 8.78 Å². The summed E-state index contributed by atoms with van der Waals surface area (Å²) in [5, 5.41) is 0.0984. The molecule has 1 saturated carbocycles. The van der Waals surface area contributed by atoms with Gasteiger partial charge >= 0.3 is 0 Å². The Morgan fingerprint density at radius 2 is 1.67 bits per heavy atom. The number of aromatic nitrogens is 1. The smallest absolute Gasteiger partial charge is 0.205 e. The highest BCUT2D eigenvalue weighted by molar-refractivity contribution is 6.30. The van der Waals surface area contributed by atoms with E-state index in [2.05, 4.69) is 36.2 Å². The van der Waals surface area contributed by atoms with Gasteiger partial charge in [0.25, 0.3) is 0 Å². The predicted octanol–water partition coefficient (Wildman–Crippen LogP) is 6.41. The largest absolute Gasteiger partial charge is 0.250 e. The van der Waals surface area contributed by atoms with Gasteiger partial charge in [0.05, 0.1) is 0 Å². The minimum atomic E-state index is -1.12. The molecule has 0 bridgehead atoms. The van der Waals surface area contributed by atoms with Gasteiger partial charge in [0, 0.05) is 0 Å². The number of halogens is 3. The Hall–Kier alpha value is -1.48. The van der Waals surface area contributed by atoms with Gasteiger partial charge in [0.15, 0.2) is 5.82 Å². The van der Waals surface area contributed by atoms with Gasteiger partial charge in [-0.1, -0.05) is 49.2 Å². The number of aryl methyl sites for hydroxylation is 1. The zero-order chi connectivity index (χ0) is 17.1. The second-order valence-corrected chi connectivity index (χ2v) is 7.04. The van der Waals surface area contributed by atoms with Crippen LogP contribution >= 0.6 is 11.6 Å². The van der Waals surface area contributed by atoms with Gasteiger partial charge < -0.3 is 0 Å². The number of benzene rings is 1. The lowest BCUT2D eigenvalue weighted by Gasteiger charge is -2.29. The fraction of sp³-hybridized carbons (Fsp3) is 0.450. The minimum Gasteiger partial charge on any atom is -0.205 e. The highest BCUT2D eigenvalue weighted by Crippen LogP contribution is 2.42. The normalized spacial score (nSPS) is 21.0. The SMILES string of the molecule is CCCc1ccc(C2CCC(c3cc(F)c(F)nc3Cl)CC2)cc1. The van der Waals surface area contributed by atoms with Crippen molar-refractivity contribution >= 4 is 11.6 Å². The first-order valence-corrected chi connectivity index (χ1v) is 9.06. The molecule has 1 nitrogen and oxygen atoms in total. The maximum Gasteiger partial charge on any atom is 0.250 e. The van der Waals surface area contributed by atoms with Crippen molar-refractivity contribution in [3.63, 3.8) is 0 Å². The second-order valence-electron chi connectivity index (χ2n) is 6.68. The maximum atomic E-state index is 13.5. The zero-order valence-electron chi connectivity index (χ0n) is 13.9. The zero-order valence-corrected chi connectivity index (χ0v) is 14.6. The molecule has 4 heteroatoms. The van der Waals surface area contributed by atoms with Crippen molar-refractivity contribution in [2.45, 2.75) is 57.3 Å². The molecule has 1 aliphatic carbocycles. The lowest BCUT2D eigenvalue weighted by Crippen LogP contribution is -2.13. The molecule has 0 atom stereocenters. The summed E-state index contributed by atoms with van der Waals surface area (Å²) in [5.41, 5.74) is 3.41. The summed E-state index contributed by atoms with van der Waals surface area (Å²) in [5.74, 6) is -1.34. The van der Waals surface area contributed by atoms with Gasteiger partial charge in [0.2, 0.25) is 5.95 Å². The Morgan fingerprint density at radius 3 is 2.29 bits per heavy atom.